The molecule has 2 fully saturated rings. The minimum atomic E-state index is -0.574. The Labute approximate surface area is 146 Å². The van der Waals surface area contributed by atoms with E-state index in [2.05, 4.69) is 10.3 Å². The van der Waals surface area contributed by atoms with Crippen LogP contribution in [0.1, 0.15) is 49.8 Å². The first-order valence-corrected chi connectivity index (χ1v) is 9.00. The molecule has 3 heterocycles. The molecular formula is C19H23N3O3. The van der Waals surface area contributed by atoms with Crippen molar-refractivity contribution in [1.29, 1.82) is 0 Å². The molecule has 0 radical (unpaired) electrons. The monoisotopic (exact) mass is 341 g/mol. The highest BCUT2D eigenvalue weighted by atomic mass is 16.6. The number of nitrogens with one attached hydrogen (secondary N) is 1. The van der Waals surface area contributed by atoms with Crippen molar-refractivity contribution in [3.8, 4) is 0 Å². The number of carbonyl (C=O) groups excluding carboxylic acids is 2. The maximum absolute atomic E-state index is 12.7. The molecule has 132 valence electrons. The van der Waals surface area contributed by atoms with Gasteiger partial charge in [-0.1, -0.05) is 12.5 Å². The van der Waals surface area contributed by atoms with Gasteiger partial charge < -0.3 is 14.5 Å². The number of pyridine rings is 1. The van der Waals surface area contributed by atoms with Gasteiger partial charge in [-0.05, 0) is 44.2 Å². The van der Waals surface area contributed by atoms with Gasteiger partial charge in [0.15, 0.2) is 0 Å². The van der Waals surface area contributed by atoms with Crippen molar-refractivity contribution in [3.05, 3.63) is 35.8 Å². The smallest absolute Gasteiger partial charge is 0.307 e. The van der Waals surface area contributed by atoms with E-state index in [4.69, 9.17) is 4.74 Å². The van der Waals surface area contributed by atoms with Crippen LogP contribution in [0.25, 0.3) is 5.65 Å². The summed E-state index contributed by atoms with van der Waals surface area (Å²) in [7, 11) is 0. The Balaban J connectivity index is 1.47. The number of carbonyl (C=O) groups is 2. The Morgan fingerprint density at radius 3 is 2.96 bits per heavy atom. The highest BCUT2D eigenvalue weighted by Gasteiger charge is 2.52. The van der Waals surface area contributed by atoms with Crippen LogP contribution >= 0.6 is 0 Å². The second-order valence-electron chi connectivity index (χ2n) is 7.23. The quantitative estimate of drug-likeness (QED) is 0.871. The average molecular weight is 341 g/mol. The molecule has 2 aliphatic rings. The molecule has 2 aromatic rings. The Morgan fingerprint density at radius 1 is 1.40 bits per heavy atom. The zero-order valence-electron chi connectivity index (χ0n) is 14.5. The summed E-state index contributed by atoms with van der Waals surface area (Å²) in [5, 5.41) is 2.97. The van der Waals surface area contributed by atoms with Crippen LogP contribution in [0.15, 0.2) is 24.5 Å². The first-order chi connectivity index (χ1) is 12.1. The molecule has 1 atom stereocenters. The fraction of sp³-hybridized carbons (Fsp3) is 0.526. The van der Waals surface area contributed by atoms with Crippen LogP contribution in [0, 0.1) is 12.8 Å². The fourth-order valence-electron chi connectivity index (χ4n) is 4.21. The van der Waals surface area contributed by atoms with Crippen molar-refractivity contribution in [2.75, 3.05) is 0 Å². The predicted octanol–water partition coefficient (Wildman–Crippen LogP) is 2.52. The molecule has 6 heteroatoms. The van der Waals surface area contributed by atoms with Crippen LogP contribution in [-0.2, 0) is 20.9 Å². The van der Waals surface area contributed by atoms with Crippen molar-refractivity contribution >= 4 is 17.5 Å². The number of hydrogen-bond donors (Lipinski definition) is 1. The molecule has 1 saturated heterocycles. The predicted molar refractivity (Wildman–Crippen MR) is 91.8 cm³/mol. The summed E-state index contributed by atoms with van der Waals surface area (Å²) in [6.45, 7) is 2.37. The van der Waals surface area contributed by atoms with Gasteiger partial charge in [-0.25, -0.2) is 4.98 Å². The Bertz CT molecular complexity index is 820. The van der Waals surface area contributed by atoms with Crippen LogP contribution in [0.2, 0.25) is 0 Å². The van der Waals surface area contributed by atoms with E-state index in [0.29, 0.717) is 6.54 Å². The van der Waals surface area contributed by atoms with Gasteiger partial charge in [-0.3, -0.25) is 9.59 Å². The third kappa shape index (κ3) is 2.90. The van der Waals surface area contributed by atoms with Crippen LogP contribution in [0.3, 0.4) is 0 Å². The number of rotatable bonds is 3. The minimum Gasteiger partial charge on any atom is -0.458 e. The van der Waals surface area contributed by atoms with E-state index in [0.717, 1.165) is 49.0 Å². The Kier molecular flexibility index (Phi) is 3.98. The number of esters is 1. The SMILES string of the molecule is Cc1cccn2cc(CNC(=O)C3CC(=O)OC34CCCCC4)nc12. The summed E-state index contributed by atoms with van der Waals surface area (Å²) in [6.07, 6.45) is 8.83. The number of ether oxygens (including phenoxy) is 1. The number of fused-ring (bicyclic) bond motifs is 1. The summed E-state index contributed by atoms with van der Waals surface area (Å²) in [6, 6.07) is 3.99. The standard InChI is InChI=1S/C19H23N3O3/c1-13-6-5-9-22-12-14(21-17(13)22)11-20-18(24)15-10-16(23)25-19(15)7-3-2-4-8-19/h5-6,9,12,15H,2-4,7-8,10-11H2,1H3,(H,20,24). The van der Waals surface area contributed by atoms with E-state index in [-0.39, 0.29) is 24.2 Å². The Morgan fingerprint density at radius 2 is 2.20 bits per heavy atom. The molecule has 1 amide bonds. The molecule has 4 rings (SSSR count). The molecule has 2 aromatic heterocycles. The minimum absolute atomic E-state index is 0.0958. The molecule has 1 spiro atoms. The van der Waals surface area contributed by atoms with Gasteiger partial charge >= 0.3 is 5.97 Å². The van der Waals surface area contributed by atoms with Crippen molar-refractivity contribution in [1.82, 2.24) is 14.7 Å². The lowest BCUT2D eigenvalue weighted by Crippen LogP contribution is -2.45. The summed E-state index contributed by atoms with van der Waals surface area (Å²) < 4.78 is 7.58. The maximum Gasteiger partial charge on any atom is 0.307 e. The number of imidazole rings is 1. The number of hydrogen-bond acceptors (Lipinski definition) is 4. The third-order valence-electron chi connectivity index (χ3n) is 5.51. The third-order valence-corrected chi connectivity index (χ3v) is 5.51. The summed E-state index contributed by atoms with van der Waals surface area (Å²) in [4.78, 5) is 29.2. The number of aromatic nitrogens is 2. The van der Waals surface area contributed by atoms with E-state index in [1.54, 1.807) is 0 Å². The van der Waals surface area contributed by atoms with Gasteiger partial charge in [0.05, 0.1) is 24.6 Å². The largest absolute Gasteiger partial charge is 0.458 e. The van der Waals surface area contributed by atoms with E-state index in [9.17, 15) is 9.59 Å². The van der Waals surface area contributed by atoms with Crippen molar-refractivity contribution in [3.63, 3.8) is 0 Å². The van der Waals surface area contributed by atoms with Crippen LogP contribution in [-0.4, -0.2) is 26.9 Å². The average Bonchev–Trinajstić information content (AvgIpc) is 3.15. The van der Waals surface area contributed by atoms with Gasteiger partial charge in [0.1, 0.15) is 11.2 Å². The zero-order chi connectivity index (χ0) is 17.4. The lowest BCUT2D eigenvalue weighted by atomic mass is 9.75. The lowest BCUT2D eigenvalue weighted by molar-refractivity contribution is -0.153. The van der Waals surface area contributed by atoms with Gasteiger partial charge in [0.2, 0.25) is 5.91 Å². The fourth-order valence-corrected chi connectivity index (χ4v) is 4.21. The highest BCUT2D eigenvalue weighted by Crippen LogP contribution is 2.44. The van der Waals surface area contributed by atoms with Crippen LogP contribution in [0.5, 0.6) is 0 Å². The van der Waals surface area contributed by atoms with Crippen molar-refractivity contribution in [2.24, 2.45) is 5.92 Å². The lowest BCUT2D eigenvalue weighted by Gasteiger charge is -2.35. The van der Waals surface area contributed by atoms with Crippen molar-refractivity contribution in [2.45, 2.75) is 57.6 Å². The first-order valence-electron chi connectivity index (χ1n) is 9.00. The first kappa shape index (κ1) is 16.1. The van der Waals surface area contributed by atoms with Gasteiger partial charge in [-0.2, -0.15) is 0 Å². The number of nitrogens with zero attached hydrogens (tertiary/aromatic N) is 2. The molecule has 6 nitrogen and oxygen atoms in total. The summed E-state index contributed by atoms with van der Waals surface area (Å²) in [5.74, 6) is -0.717. The molecule has 1 aliphatic heterocycles. The number of aryl methyl sites for hydroxylation is 1. The van der Waals surface area contributed by atoms with Crippen LogP contribution < -0.4 is 5.32 Å². The normalized spacial score (nSPS) is 22.3. The van der Waals surface area contributed by atoms with Gasteiger partial charge in [0.25, 0.3) is 0 Å². The van der Waals surface area contributed by atoms with E-state index >= 15 is 0 Å². The molecule has 25 heavy (non-hydrogen) atoms. The maximum atomic E-state index is 12.7. The van der Waals surface area contributed by atoms with Gasteiger partial charge in [0, 0.05) is 12.4 Å². The van der Waals surface area contributed by atoms with E-state index in [1.807, 2.05) is 35.9 Å². The van der Waals surface area contributed by atoms with E-state index < -0.39 is 5.60 Å². The zero-order valence-corrected chi connectivity index (χ0v) is 14.5. The second kappa shape index (κ2) is 6.17. The second-order valence-corrected chi connectivity index (χ2v) is 7.23. The molecule has 1 unspecified atom stereocenters. The molecular weight excluding hydrogens is 318 g/mol. The highest BCUT2D eigenvalue weighted by molar-refractivity contribution is 5.87. The summed E-state index contributed by atoms with van der Waals surface area (Å²) in [5.41, 5.74) is 2.23. The number of amides is 1. The molecule has 0 bridgehead atoms. The van der Waals surface area contributed by atoms with Gasteiger partial charge in [-0.15, -0.1) is 0 Å². The Hall–Kier alpha value is -2.37. The molecule has 0 aromatic carbocycles. The molecule has 1 aliphatic carbocycles. The summed E-state index contributed by atoms with van der Waals surface area (Å²) >= 11 is 0. The van der Waals surface area contributed by atoms with Crippen LogP contribution in [0.4, 0.5) is 0 Å². The molecule has 1 saturated carbocycles. The van der Waals surface area contributed by atoms with Crippen molar-refractivity contribution < 1.29 is 14.3 Å². The molecule has 1 N–H and O–H groups in total. The topological polar surface area (TPSA) is 72.7 Å². The van der Waals surface area contributed by atoms with E-state index in [1.165, 1.54) is 0 Å².